The second kappa shape index (κ2) is 10.4. The number of aliphatic imine (C=N–C) groups is 1. The normalized spacial score (nSPS) is 17.7. The number of halogens is 1. The topological polar surface area (TPSA) is 76.4 Å². The number of nitrogens with zero attached hydrogens (tertiary/aromatic N) is 4. The molecule has 0 amide bonds. The van der Waals surface area contributed by atoms with Gasteiger partial charge < -0.3 is 15.4 Å². The van der Waals surface area contributed by atoms with Gasteiger partial charge in [0.05, 0.1) is 6.54 Å². The predicted octanol–water partition coefficient (Wildman–Crippen LogP) is 2.59. The Morgan fingerprint density at radius 2 is 2.15 bits per heavy atom. The molecule has 2 N–H and O–H groups in total. The Morgan fingerprint density at radius 1 is 1.42 bits per heavy atom. The van der Waals surface area contributed by atoms with Gasteiger partial charge in [0.25, 0.3) is 0 Å². The minimum atomic E-state index is 0. The Kier molecular flexibility index (Phi) is 9.29. The van der Waals surface area contributed by atoms with Crippen molar-refractivity contribution in [2.45, 2.75) is 66.2 Å². The highest BCUT2D eigenvalue weighted by molar-refractivity contribution is 14.0. The number of hydrogen-bond acceptors (Lipinski definition) is 4. The number of fused-ring (bicyclic) bond motifs is 1. The molecule has 0 spiro atoms. The van der Waals surface area contributed by atoms with Crippen molar-refractivity contribution in [1.29, 1.82) is 0 Å². The van der Waals surface area contributed by atoms with E-state index in [2.05, 4.69) is 53.4 Å². The molecule has 1 aliphatic rings. The van der Waals surface area contributed by atoms with E-state index in [1.54, 1.807) is 7.11 Å². The molecular formula is C18H35IN6O. The van der Waals surface area contributed by atoms with Crippen LogP contribution in [0.15, 0.2) is 4.99 Å². The molecular weight excluding hydrogens is 443 g/mol. The summed E-state index contributed by atoms with van der Waals surface area (Å²) in [6.07, 6.45) is 3.14. The van der Waals surface area contributed by atoms with E-state index in [4.69, 9.17) is 4.74 Å². The number of nitrogens with one attached hydrogen (secondary N) is 2. The largest absolute Gasteiger partial charge is 0.377 e. The first-order valence-electron chi connectivity index (χ1n) is 9.21. The second-order valence-corrected chi connectivity index (χ2v) is 8.13. The van der Waals surface area contributed by atoms with Crippen molar-refractivity contribution >= 4 is 29.9 Å². The maximum Gasteiger partial charge on any atom is 0.191 e. The molecule has 8 heteroatoms. The monoisotopic (exact) mass is 478 g/mol. The molecule has 0 bridgehead atoms. The van der Waals surface area contributed by atoms with E-state index in [-0.39, 0.29) is 29.4 Å². The summed E-state index contributed by atoms with van der Waals surface area (Å²) < 4.78 is 7.11. The minimum Gasteiger partial charge on any atom is -0.377 e. The lowest BCUT2D eigenvalue weighted by Gasteiger charge is -2.30. The maximum absolute atomic E-state index is 5.12. The molecule has 0 saturated carbocycles. The van der Waals surface area contributed by atoms with Crippen molar-refractivity contribution in [3.8, 4) is 0 Å². The first kappa shape index (κ1) is 23.1. The highest BCUT2D eigenvalue weighted by Crippen LogP contribution is 2.24. The summed E-state index contributed by atoms with van der Waals surface area (Å²) in [5.41, 5.74) is 0.243. The van der Waals surface area contributed by atoms with Crippen molar-refractivity contribution in [2.75, 3.05) is 20.7 Å². The van der Waals surface area contributed by atoms with Crippen LogP contribution in [0.3, 0.4) is 0 Å². The lowest BCUT2D eigenvalue weighted by atomic mass is 9.84. The zero-order valence-corrected chi connectivity index (χ0v) is 19.3. The first-order valence-corrected chi connectivity index (χ1v) is 9.21. The number of rotatable bonds is 7. The fraction of sp³-hybridized carbons (Fsp3) is 0.833. The Bertz CT molecular complexity index is 584. The Balaban J connectivity index is 0.00000338. The van der Waals surface area contributed by atoms with Crippen molar-refractivity contribution in [3.05, 3.63) is 11.6 Å². The summed E-state index contributed by atoms with van der Waals surface area (Å²) in [6, 6.07) is 0.309. The van der Waals surface area contributed by atoms with Crippen LogP contribution in [0.1, 0.15) is 52.2 Å². The molecule has 1 aromatic rings. The summed E-state index contributed by atoms with van der Waals surface area (Å²) >= 11 is 0. The van der Waals surface area contributed by atoms with E-state index in [9.17, 15) is 0 Å². The zero-order valence-electron chi connectivity index (χ0n) is 17.0. The minimum absolute atomic E-state index is 0. The molecule has 1 atom stereocenters. The second-order valence-electron chi connectivity index (χ2n) is 8.13. The highest BCUT2D eigenvalue weighted by Gasteiger charge is 2.24. The zero-order chi connectivity index (χ0) is 18.4. The average molecular weight is 478 g/mol. The Morgan fingerprint density at radius 3 is 2.77 bits per heavy atom. The van der Waals surface area contributed by atoms with Crippen LogP contribution in [-0.2, 0) is 24.3 Å². The molecule has 2 rings (SSSR count). The van der Waals surface area contributed by atoms with Crippen molar-refractivity contribution in [1.82, 2.24) is 25.4 Å². The van der Waals surface area contributed by atoms with Gasteiger partial charge in [-0.05, 0) is 24.2 Å². The van der Waals surface area contributed by atoms with E-state index < -0.39 is 0 Å². The van der Waals surface area contributed by atoms with Gasteiger partial charge in [-0.3, -0.25) is 4.99 Å². The van der Waals surface area contributed by atoms with Crippen LogP contribution in [0, 0.1) is 11.3 Å². The highest BCUT2D eigenvalue weighted by atomic mass is 127. The maximum atomic E-state index is 5.12. The van der Waals surface area contributed by atoms with Gasteiger partial charge in [0.15, 0.2) is 11.8 Å². The van der Waals surface area contributed by atoms with Gasteiger partial charge in [0.1, 0.15) is 12.4 Å². The molecule has 0 aromatic carbocycles. The third kappa shape index (κ3) is 7.02. The standard InChI is InChI=1S/C18H34N6O.HI/c1-13(2)9-18(3,4)12-20-17(19-5)21-14-7-8-16-22-15(11-25-6)23-24(16)10-14;/h13-14H,7-12H2,1-6H3,(H2,19,20,21);1H. The summed E-state index contributed by atoms with van der Waals surface area (Å²) in [5, 5.41) is 11.5. The van der Waals surface area contributed by atoms with Crippen LogP contribution >= 0.6 is 24.0 Å². The van der Waals surface area contributed by atoms with Crippen LogP contribution in [0.25, 0.3) is 0 Å². The lowest BCUT2D eigenvalue weighted by molar-refractivity contribution is 0.177. The van der Waals surface area contributed by atoms with Gasteiger partial charge in [0, 0.05) is 33.2 Å². The van der Waals surface area contributed by atoms with Crippen LogP contribution in [0.4, 0.5) is 0 Å². The summed E-state index contributed by atoms with van der Waals surface area (Å²) in [4.78, 5) is 8.91. The smallest absolute Gasteiger partial charge is 0.191 e. The Labute approximate surface area is 174 Å². The third-order valence-electron chi connectivity index (χ3n) is 4.44. The lowest BCUT2D eigenvalue weighted by Crippen LogP contribution is -2.49. The number of methoxy groups -OCH3 is 1. The fourth-order valence-corrected chi connectivity index (χ4v) is 3.56. The molecule has 7 nitrogen and oxygen atoms in total. The first-order chi connectivity index (χ1) is 11.8. The number of aromatic nitrogens is 3. The molecule has 1 aromatic heterocycles. The van der Waals surface area contributed by atoms with E-state index in [1.807, 2.05) is 11.7 Å². The molecule has 0 fully saturated rings. The average Bonchev–Trinajstić information content (AvgIpc) is 2.92. The van der Waals surface area contributed by atoms with Crippen LogP contribution in [0.5, 0.6) is 0 Å². The molecule has 1 aliphatic heterocycles. The SMILES string of the molecule is CN=C(NCC(C)(C)CC(C)C)NC1CCc2nc(COC)nn2C1.I. The Hall–Kier alpha value is -0.900. The fourth-order valence-electron chi connectivity index (χ4n) is 3.56. The van der Waals surface area contributed by atoms with E-state index >= 15 is 0 Å². The van der Waals surface area contributed by atoms with Crippen molar-refractivity contribution in [2.24, 2.45) is 16.3 Å². The van der Waals surface area contributed by atoms with Gasteiger partial charge in [-0.15, -0.1) is 24.0 Å². The molecule has 26 heavy (non-hydrogen) atoms. The number of aryl methyl sites for hydroxylation is 1. The summed E-state index contributed by atoms with van der Waals surface area (Å²) in [7, 11) is 3.49. The van der Waals surface area contributed by atoms with Gasteiger partial charge in [-0.25, -0.2) is 9.67 Å². The molecule has 0 saturated heterocycles. The number of guanidine groups is 1. The van der Waals surface area contributed by atoms with Gasteiger partial charge >= 0.3 is 0 Å². The van der Waals surface area contributed by atoms with Crippen molar-refractivity contribution in [3.63, 3.8) is 0 Å². The van der Waals surface area contributed by atoms with Crippen LogP contribution in [0.2, 0.25) is 0 Å². The summed E-state index contributed by atoms with van der Waals surface area (Å²) in [5.74, 6) is 3.36. The van der Waals surface area contributed by atoms with E-state index in [1.165, 1.54) is 6.42 Å². The van der Waals surface area contributed by atoms with Gasteiger partial charge in [0.2, 0.25) is 0 Å². The van der Waals surface area contributed by atoms with Crippen LogP contribution < -0.4 is 10.6 Å². The molecule has 0 radical (unpaired) electrons. The van der Waals surface area contributed by atoms with Crippen LogP contribution in [-0.4, -0.2) is 47.5 Å². The number of ether oxygens (including phenoxy) is 1. The van der Waals surface area contributed by atoms with Gasteiger partial charge in [-0.1, -0.05) is 27.7 Å². The molecule has 1 unspecified atom stereocenters. The quantitative estimate of drug-likeness (QED) is 0.358. The molecule has 2 heterocycles. The summed E-state index contributed by atoms with van der Waals surface area (Å²) in [6.45, 7) is 11.3. The van der Waals surface area contributed by atoms with Gasteiger partial charge in [-0.2, -0.15) is 5.10 Å². The van der Waals surface area contributed by atoms with E-state index in [0.717, 1.165) is 43.5 Å². The third-order valence-corrected chi connectivity index (χ3v) is 4.44. The molecule has 0 aliphatic carbocycles. The molecule has 150 valence electrons. The van der Waals surface area contributed by atoms with E-state index in [0.29, 0.717) is 18.6 Å². The predicted molar refractivity (Wildman–Crippen MR) is 116 cm³/mol. The van der Waals surface area contributed by atoms with Crippen molar-refractivity contribution < 1.29 is 4.74 Å². The number of hydrogen-bond donors (Lipinski definition) is 2.